The molecular weight excluding hydrogens is 250 g/mol. The number of carbonyl (C=O) groups is 3. The van der Waals surface area contributed by atoms with Crippen molar-refractivity contribution in [1.29, 1.82) is 0 Å². The number of ether oxygens (including phenoxy) is 2. The van der Waals surface area contributed by atoms with Crippen LogP contribution in [-0.2, 0) is 23.9 Å². The van der Waals surface area contributed by atoms with E-state index in [0.717, 1.165) is 0 Å². The SMILES string of the molecule is CCOC(=O)CCC(=O)N1CC(C)C(C(=O)OC)C1. The van der Waals surface area contributed by atoms with E-state index < -0.39 is 0 Å². The number of carbonyl (C=O) groups excluding carboxylic acids is 3. The average molecular weight is 271 g/mol. The van der Waals surface area contributed by atoms with Crippen LogP contribution in [0.3, 0.4) is 0 Å². The Hall–Kier alpha value is -1.59. The first-order valence-corrected chi connectivity index (χ1v) is 6.50. The monoisotopic (exact) mass is 271 g/mol. The summed E-state index contributed by atoms with van der Waals surface area (Å²) >= 11 is 0. The van der Waals surface area contributed by atoms with E-state index in [0.29, 0.717) is 19.7 Å². The van der Waals surface area contributed by atoms with Gasteiger partial charge in [0.25, 0.3) is 0 Å². The minimum Gasteiger partial charge on any atom is -0.469 e. The normalized spacial score (nSPS) is 22.2. The van der Waals surface area contributed by atoms with Crippen molar-refractivity contribution in [3.8, 4) is 0 Å². The van der Waals surface area contributed by atoms with E-state index in [9.17, 15) is 14.4 Å². The first-order valence-electron chi connectivity index (χ1n) is 6.50. The molecule has 1 rings (SSSR count). The molecule has 2 unspecified atom stereocenters. The standard InChI is InChI=1S/C13H21NO5/c1-4-19-12(16)6-5-11(15)14-7-9(2)10(8-14)13(17)18-3/h9-10H,4-8H2,1-3H3. The van der Waals surface area contributed by atoms with E-state index in [4.69, 9.17) is 9.47 Å². The first kappa shape index (κ1) is 15.5. The fourth-order valence-electron chi connectivity index (χ4n) is 2.23. The van der Waals surface area contributed by atoms with Gasteiger partial charge in [-0.1, -0.05) is 6.92 Å². The number of methoxy groups -OCH3 is 1. The van der Waals surface area contributed by atoms with E-state index in [2.05, 4.69) is 0 Å². The summed E-state index contributed by atoms with van der Waals surface area (Å²) < 4.78 is 9.48. The Kier molecular flexibility index (Phi) is 5.79. The van der Waals surface area contributed by atoms with Gasteiger partial charge in [0, 0.05) is 19.5 Å². The zero-order valence-electron chi connectivity index (χ0n) is 11.7. The molecule has 2 atom stereocenters. The molecule has 0 aromatic carbocycles. The lowest BCUT2D eigenvalue weighted by molar-refractivity contribution is -0.147. The number of nitrogens with zero attached hydrogens (tertiary/aromatic N) is 1. The van der Waals surface area contributed by atoms with Crippen LogP contribution in [0.1, 0.15) is 26.7 Å². The molecule has 0 aromatic rings. The van der Waals surface area contributed by atoms with Crippen molar-refractivity contribution >= 4 is 17.8 Å². The van der Waals surface area contributed by atoms with Gasteiger partial charge < -0.3 is 14.4 Å². The molecule has 6 nitrogen and oxygen atoms in total. The van der Waals surface area contributed by atoms with Crippen LogP contribution in [0.2, 0.25) is 0 Å². The summed E-state index contributed by atoms with van der Waals surface area (Å²) in [6.45, 7) is 4.86. The van der Waals surface area contributed by atoms with Crippen molar-refractivity contribution in [1.82, 2.24) is 4.90 Å². The van der Waals surface area contributed by atoms with Gasteiger partial charge in [-0.25, -0.2) is 0 Å². The number of hydrogen-bond donors (Lipinski definition) is 0. The Labute approximate surface area is 113 Å². The zero-order chi connectivity index (χ0) is 14.4. The summed E-state index contributed by atoms with van der Waals surface area (Å²) in [7, 11) is 1.35. The Morgan fingerprint density at radius 2 is 1.89 bits per heavy atom. The third kappa shape index (κ3) is 4.22. The molecule has 0 aliphatic carbocycles. The maximum Gasteiger partial charge on any atom is 0.310 e. The lowest BCUT2D eigenvalue weighted by Crippen LogP contribution is -2.30. The van der Waals surface area contributed by atoms with Gasteiger partial charge in [-0.3, -0.25) is 14.4 Å². The molecule has 1 aliphatic heterocycles. The van der Waals surface area contributed by atoms with Crippen molar-refractivity contribution in [2.45, 2.75) is 26.7 Å². The van der Waals surface area contributed by atoms with E-state index in [1.54, 1.807) is 11.8 Å². The molecule has 0 saturated carbocycles. The topological polar surface area (TPSA) is 72.9 Å². The first-order chi connectivity index (χ1) is 8.99. The van der Waals surface area contributed by atoms with Gasteiger partial charge in [-0.15, -0.1) is 0 Å². The maximum atomic E-state index is 11.9. The molecule has 108 valence electrons. The van der Waals surface area contributed by atoms with E-state index in [1.165, 1.54) is 7.11 Å². The Morgan fingerprint density at radius 1 is 1.21 bits per heavy atom. The fourth-order valence-corrected chi connectivity index (χ4v) is 2.23. The van der Waals surface area contributed by atoms with Gasteiger partial charge in [0.2, 0.25) is 5.91 Å². The summed E-state index contributed by atoms with van der Waals surface area (Å²) in [4.78, 5) is 36.2. The molecular formula is C13H21NO5. The van der Waals surface area contributed by atoms with E-state index >= 15 is 0 Å². The van der Waals surface area contributed by atoms with Gasteiger partial charge in [0.1, 0.15) is 0 Å². The lowest BCUT2D eigenvalue weighted by atomic mass is 9.99. The van der Waals surface area contributed by atoms with Crippen LogP contribution in [-0.4, -0.2) is 49.6 Å². The van der Waals surface area contributed by atoms with Gasteiger partial charge in [-0.2, -0.15) is 0 Å². The van der Waals surface area contributed by atoms with Crippen LogP contribution in [0, 0.1) is 11.8 Å². The second kappa shape index (κ2) is 7.11. The predicted molar refractivity (Wildman–Crippen MR) is 67.1 cm³/mol. The van der Waals surface area contributed by atoms with Crippen LogP contribution in [0.25, 0.3) is 0 Å². The van der Waals surface area contributed by atoms with E-state index in [-0.39, 0.29) is 42.5 Å². The van der Waals surface area contributed by atoms with Crippen LogP contribution in [0.5, 0.6) is 0 Å². The molecule has 0 bridgehead atoms. The minimum absolute atomic E-state index is 0.0824. The molecule has 1 amide bonds. The van der Waals surface area contributed by atoms with Crippen molar-refractivity contribution in [2.24, 2.45) is 11.8 Å². The minimum atomic E-state index is -0.368. The molecule has 0 radical (unpaired) electrons. The van der Waals surface area contributed by atoms with Crippen molar-refractivity contribution in [2.75, 3.05) is 26.8 Å². The Balaban J connectivity index is 2.43. The van der Waals surface area contributed by atoms with Crippen LogP contribution >= 0.6 is 0 Å². The highest BCUT2D eigenvalue weighted by atomic mass is 16.5. The molecule has 6 heteroatoms. The van der Waals surface area contributed by atoms with Crippen LogP contribution in [0.15, 0.2) is 0 Å². The molecule has 0 spiro atoms. The highest BCUT2D eigenvalue weighted by molar-refractivity contribution is 5.83. The zero-order valence-corrected chi connectivity index (χ0v) is 11.7. The van der Waals surface area contributed by atoms with Crippen LogP contribution < -0.4 is 0 Å². The van der Waals surface area contributed by atoms with Crippen molar-refractivity contribution < 1.29 is 23.9 Å². The smallest absolute Gasteiger partial charge is 0.310 e. The number of esters is 2. The molecule has 19 heavy (non-hydrogen) atoms. The molecule has 1 aliphatic rings. The summed E-state index contributed by atoms with van der Waals surface area (Å²) in [5.41, 5.74) is 0. The average Bonchev–Trinajstić information content (AvgIpc) is 2.77. The Bertz CT molecular complexity index is 355. The quantitative estimate of drug-likeness (QED) is 0.684. The number of rotatable bonds is 5. The third-order valence-corrected chi connectivity index (χ3v) is 3.32. The summed E-state index contributed by atoms with van der Waals surface area (Å²) in [5, 5.41) is 0. The summed E-state index contributed by atoms with van der Waals surface area (Å²) in [6.07, 6.45) is 0.208. The van der Waals surface area contributed by atoms with Crippen molar-refractivity contribution in [3.63, 3.8) is 0 Å². The predicted octanol–water partition coefficient (Wildman–Crippen LogP) is 0.597. The highest BCUT2D eigenvalue weighted by Gasteiger charge is 2.37. The largest absolute Gasteiger partial charge is 0.469 e. The molecule has 1 fully saturated rings. The third-order valence-electron chi connectivity index (χ3n) is 3.32. The molecule has 1 saturated heterocycles. The van der Waals surface area contributed by atoms with Gasteiger partial charge >= 0.3 is 11.9 Å². The molecule has 0 N–H and O–H groups in total. The fraction of sp³-hybridized carbons (Fsp3) is 0.769. The van der Waals surface area contributed by atoms with Gasteiger partial charge in [0.15, 0.2) is 0 Å². The van der Waals surface area contributed by atoms with Gasteiger partial charge in [0.05, 0.1) is 26.1 Å². The van der Waals surface area contributed by atoms with E-state index in [1.807, 2.05) is 6.92 Å². The number of likely N-dealkylation sites (tertiary alicyclic amines) is 1. The highest BCUT2D eigenvalue weighted by Crippen LogP contribution is 2.24. The number of amides is 1. The van der Waals surface area contributed by atoms with Crippen LogP contribution in [0.4, 0.5) is 0 Å². The van der Waals surface area contributed by atoms with Crippen molar-refractivity contribution in [3.05, 3.63) is 0 Å². The second-order valence-corrected chi connectivity index (χ2v) is 4.71. The molecule has 1 heterocycles. The summed E-state index contributed by atoms with van der Waals surface area (Å²) in [5.74, 6) is -0.956. The number of hydrogen-bond acceptors (Lipinski definition) is 5. The Morgan fingerprint density at radius 3 is 2.47 bits per heavy atom. The lowest BCUT2D eigenvalue weighted by Gasteiger charge is -2.15. The maximum absolute atomic E-state index is 11.9. The second-order valence-electron chi connectivity index (χ2n) is 4.71. The molecule has 0 aromatic heterocycles. The summed E-state index contributed by atoms with van der Waals surface area (Å²) in [6, 6.07) is 0. The van der Waals surface area contributed by atoms with Gasteiger partial charge in [-0.05, 0) is 12.8 Å².